The first-order valence-electron chi connectivity index (χ1n) is 7.65. The summed E-state index contributed by atoms with van der Waals surface area (Å²) in [5, 5.41) is 3.37. The third kappa shape index (κ3) is 2.16. The van der Waals surface area contributed by atoms with Crippen LogP contribution in [-0.2, 0) is 4.79 Å². The number of hydrogen-bond donors (Lipinski definition) is 1. The second-order valence-electron chi connectivity index (χ2n) is 7.17. The molecule has 1 amide bonds. The summed E-state index contributed by atoms with van der Waals surface area (Å²) in [5.41, 5.74) is 0.0802. The van der Waals surface area contributed by atoms with Gasteiger partial charge in [0.1, 0.15) is 12.0 Å². The van der Waals surface area contributed by atoms with E-state index in [0.29, 0.717) is 12.0 Å². The Morgan fingerprint density at radius 1 is 1.33 bits per heavy atom. The van der Waals surface area contributed by atoms with Gasteiger partial charge in [0, 0.05) is 11.6 Å². The number of carbonyl (C=O) groups is 1. The van der Waals surface area contributed by atoms with Gasteiger partial charge in [-0.15, -0.1) is 0 Å². The Labute approximate surface area is 125 Å². The van der Waals surface area contributed by atoms with Crippen molar-refractivity contribution in [1.29, 1.82) is 0 Å². The minimum atomic E-state index is -0.606. The first-order chi connectivity index (χ1) is 9.80. The predicted octanol–water partition coefficient (Wildman–Crippen LogP) is 3.22. The van der Waals surface area contributed by atoms with Gasteiger partial charge in [-0.05, 0) is 31.2 Å². The summed E-state index contributed by atoms with van der Waals surface area (Å²) in [6.45, 7) is 8.22. The van der Waals surface area contributed by atoms with Crippen LogP contribution in [-0.4, -0.2) is 22.4 Å². The van der Waals surface area contributed by atoms with Gasteiger partial charge in [0.25, 0.3) is 0 Å². The van der Waals surface area contributed by atoms with Gasteiger partial charge < -0.3 is 4.90 Å². The predicted molar refractivity (Wildman–Crippen MR) is 80.0 cm³/mol. The van der Waals surface area contributed by atoms with E-state index >= 15 is 0 Å². The number of hydrogen-bond acceptors (Lipinski definition) is 2. The number of amides is 1. The molecule has 4 heteroatoms. The van der Waals surface area contributed by atoms with Crippen molar-refractivity contribution in [3.05, 3.63) is 35.6 Å². The molecule has 1 saturated carbocycles. The number of nitrogens with one attached hydrogen (secondary N) is 1. The lowest BCUT2D eigenvalue weighted by molar-refractivity contribution is -0.134. The molecule has 3 rings (SSSR count). The standard InChI is InChI=1S/C17H23FN2O/c1-5-17(4)15(21)20(13-10-16(13,2)3)14(19-17)11-8-6-7-9-12(11)18/h6-9,13-14,19H,5,10H2,1-4H3. The Balaban J connectivity index is 2.01. The zero-order valence-electron chi connectivity index (χ0n) is 13.1. The highest BCUT2D eigenvalue weighted by atomic mass is 19.1. The molecule has 1 N–H and O–H groups in total. The van der Waals surface area contributed by atoms with Crippen LogP contribution in [0.1, 0.15) is 52.3 Å². The number of rotatable bonds is 3. The molecule has 2 fully saturated rings. The van der Waals surface area contributed by atoms with Gasteiger partial charge in [0.2, 0.25) is 5.91 Å². The number of halogens is 1. The summed E-state index contributed by atoms with van der Waals surface area (Å²) in [4.78, 5) is 14.7. The van der Waals surface area contributed by atoms with E-state index in [0.717, 1.165) is 6.42 Å². The maximum Gasteiger partial charge on any atom is 0.244 e. The summed E-state index contributed by atoms with van der Waals surface area (Å²) in [5.74, 6) is -0.166. The molecule has 1 heterocycles. The Bertz CT molecular complexity index is 586. The molecule has 1 saturated heterocycles. The van der Waals surface area contributed by atoms with Gasteiger partial charge in [0.05, 0.1) is 5.54 Å². The fourth-order valence-corrected chi connectivity index (χ4v) is 3.25. The highest BCUT2D eigenvalue weighted by molar-refractivity contribution is 5.89. The van der Waals surface area contributed by atoms with E-state index < -0.39 is 5.54 Å². The molecular formula is C17H23FN2O. The van der Waals surface area contributed by atoms with Gasteiger partial charge in [0.15, 0.2) is 0 Å². The molecule has 1 aliphatic carbocycles. The molecule has 0 radical (unpaired) electrons. The molecule has 0 spiro atoms. The fourth-order valence-electron chi connectivity index (χ4n) is 3.25. The van der Waals surface area contributed by atoms with E-state index in [9.17, 15) is 9.18 Å². The van der Waals surface area contributed by atoms with Crippen molar-refractivity contribution in [2.45, 2.75) is 58.3 Å². The molecule has 21 heavy (non-hydrogen) atoms. The normalized spacial score (nSPS) is 34.3. The average Bonchev–Trinajstić information content (AvgIpc) is 2.97. The Kier molecular flexibility index (Phi) is 3.14. The number of benzene rings is 1. The molecule has 3 nitrogen and oxygen atoms in total. The maximum absolute atomic E-state index is 14.2. The summed E-state index contributed by atoms with van der Waals surface area (Å²) >= 11 is 0. The Hall–Kier alpha value is -1.42. The van der Waals surface area contributed by atoms with Crippen LogP contribution in [0, 0.1) is 11.2 Å². The zero-order valence-corrected chi connectivity index (χ0v) is 13.1. The van der Waals surface area contributed by atoms with Crippen LogP contribution >= 0.6 is 0 Å². The van der Waals surface area contributed by atoms with Crippen LogP contribution in [0.5, 0.6) is 0 Å². The van der Waals surface area contributed by atoms with Crippen molar-refractivity contribution in [3.63, 3.8) is 0 Å². The van der Waals surface area contributed by atoms with Crippen LogP contribution in [0.2, 0.25) is 0 Å². The second kappa shape index (κ2) is 4.54. The third-order valence-electron chi connectivity index (χ3n) is 5.14. The number of carbonyl (C=O) groups excluding carboxylic acids is 1. The van der Waals surface area contributed by atoms with E-state index in [-0.39, 0.29) is 29.3 Å². The van der Waals surface area contributed by atoms with Crippen molar-refractivity contribution in [2.75, 3.05) is 0 Å². The molecular weight excluding hydrogens is 267 g/mol. The smallest absolute Gasteiger partial charge is 0.244 e. The molecule has 2 aliphatic rings. The van der Waals surface area contributed by atoms with Crippen molar-refractivity contribution in [2.24, 2.45) is 5.41 Å². The Morgan fingerprint density at radius 3 is 2.48 bits per heavy atom. The van der Waals surface area contributed by atoms with Crippen molar-refractivity contribution in [3.8, 4) is 0 Å². The van der Waals surface area contributed by atoms with Crippen LogP contribution in [0.3, 0.4) is 0 Å². The second-order valence-corrected chi connectivity index (χ2v) is 7.17. The van der Waals surface area contributed by atoms with E-state index in [2.05, 4.69) is 19.2 Å². The molecule has 1 aromatic carbocycles. The molecule has 0 aromatic heterocycles. The Morgan fingerprint density at radius 2 is 1.95 bits per heavy atom. The average molecular weight is 290 g/mol. The first kappa shape index (κ1) is 14.5. The van der Waals surface area contributed by atoms with Gasteiger partial charge in [-0.2, -0.15) is 0 Å². The largest absolute Gasteiger partial charge is 0.318 e. The van der Waals surface area contributed by atoms with Crippen LogP contribution < -0.4 is 5.32 Å². The van der Waals surface area contributed by atoms with E-state index in [4.69, 9.17) is 0 Å². The summed E-state index contributed by atoms with van der Waals surface area (Å²) in [6.07, 6.45) is 1.31. The lowest BCUT2D eigenvalue weighted by Crippen LogP contribution is -2.43. The molecule has 114 valence electrons. The zero-order chi connectivity index (χ0) is 15.4. The minimum Gasteiger partial charge on any atom is -0.318 e. The highest BCUT2D eigenvalue weighted by Gasteiger charge is 2.59. The van der Waals surface area contributed by atoms with Crippen LogP contribution in [0.15, 0.2) is 24.3 Å². The molecule has 1 aliphatic heterocycles. The summed E-state index contributed by atoms with van der Waals surface area (Å²) in [6, 6.07) is 6.92. The van der Waals surface area contributed by atoms with Gasteiger partial charge in [-0.25, -0.2) is 4.39 Å². The topological polar surface area (TPSA) is 32.3 Å². The molecule has 1 aromatic rings. The van der Waals surface area contributed by atoms with Gasteiger partial charge in [-0.3, -0.25) is 10.1 Å². The van der Waals surface area contributed by atoms with E-state index in [1.807, 2.05) is 24.8 Å². The SMILES string of the molecule is CCC1(C)NC(c2ccccc2F)N(C2CC2(C)C)C1=O. The summed E-state index contributed by atoms with van der Waals surface area (Å²) in [7, 11) is 0. The van der Waals surface area contributed by atoms with E-state index in [1.165, 1.54) is 6.07 Å². The van der Waals surface area contributed by atoms with Crippen molar-refractivity contribution in [1.82, 2.24) is 10.2 Å². The fraction of sp³-hybridized carbons (Fsp3) is 0.588. The lowest BCUT2D eigenvalue weighted by atomic mass is 9.99. The van der Waals surface area contributed by atoms with E-state index in [1.54, 1.807) is 12.1 Å². The maximum atomic E-state index is 14.2. The minimum absolute atomic E-state index is 0.0915. The van der Waals surface area contributed by atoms with Crippen LogP contribution in [0.25, 0.3) is 0 Å². The van der Waals surface area contributed by atoms with Crippen molar-refractivity contribution >= 4 is 5.91 Å². The monoisotopic (exact) mass is 290 g/mol. The van der Waals surface area contributed by atoms with Crippen LogP contribution in [0.4, 0.5) is 4.39 Å². The quantitative estimate of drug-likeness (QED) is 0.927. The van der Waals surface area contributed by atoms with Crippen molar-refractivity contribution < 1.29 is 9.18 Å². The third-order valence-corrected chi connectivity index (χ3v) is 5.14. The first-order valence-corrected chi connectivity index (χ1v) is 7.65. The molecule has 3 atom stereocenters. The molecule has 0 bridgehead atoms. The summed E-state index contributed by atoms with van der Waals surface area (Å²) < 4.78 is 14.2. The van der Waals surface area contributed by atoms with Gasteiger partial charge in [-0.1, -0.05) is 39.0 Å². The number of nitrogens with zero attached hydrogens (tertiary/aromatic N) is 1. The van der Waals surface area contributed by atoms with Gasteiger partial charge >= 0.3 is 0 Å². The highest BCUT2D eigenvalue weighted by Crippen LogP contribution is 2.53. The molecule has 3 unspecified atom stereocenters. The lowest BCUT2D eigenvalue weighted by Gasteiger charge is -2.26.